The number of ether oxygens (including phenoxy) is 1. The molecule has 0 aliphatic carbocycles. The van der Waals surface area contributed by atoms with Gasteiger partial charge >= 0.3 is 6.09 Å². The van der Waals surface area contributed by atoms with Crippen LogP contribution in [0.3, 0.4) is 0 Å². The van der Waals surface area contributed by atoms with Crippen LogP contribution >= 0.6 is 0 Å². The first-order valence-corrected chi connectivity index (χ1v) is 13.0. The lowest BCUT2D eigenvalue weighted by Gasteiger charge is -2.31. The molecule has 0 spiro atoms. The van der Waals surface area contributed by atoms with E-state index in [1.807, 2.05) is 71.1 Å². The monoisotopic (exact) mass is 525 g/mol. The van der Waals surface area contributed by atoms with Crippen LogP contribution in [-0.2, 0) is 22.6 Å². The summed E-state index contributed by atoms with van der Waals surface area (Å²) in [5, 5.41) is 24.3. The summed E-state index contributed by atoms with van der Waals surface area (Å²) >= 11 is 0. The van der Waals surface area contributed by atoms with Crippen molar-refractivity contribution < 1.29 is 24.0 Å². The van der Waals surface area contributed by atoms with Gasteiger partial charge in [0.05, 0.1) is 31.0 Å². The number of alkyl carbamates (subject to hydrolysis) is 1. The molecule has 2 aromatic heterocycles. The Morgan fingerprint density at radius 2 is 1.89 bits per heavy atom. The van der Waals surface area contributed by atoms with E-state index >= 15 is 0 Å². The summed E-state index contributed by atoms with van der Waals surface area (Å²) < 4.78 is 12.6. The van der Waals surface area contributed by atoms with E-state index in [4.69, 9.17) is 9.26 Å². The third kappa shape index (κ3) is 8.44. The van der Waals surface area contributed by atoms with E-state index in [2.05, 4.69) is 20.9 Å². The Morgan fingerprint density at radius 1 is 1.16 bits per heavy atom. The van der Waals surface area contributed by atoms with E-state index in [-0.39, 0.29) is 12.0 Å². The second kappa shape index (κ2) is 13.2. The van der Waals surface area contributed by atoms with Crippen LogP contribution in [0.4, 0.5) is 4.79 Å². The summed E-state index contributed by atoms with van der Waals surface area (Å²) in [4.78, 5) is 25.5. The van der Waals surface area contributed by atoms with Crippen LogP contribution in [0.2, 0.25) is 0 Å². The third-order valence-corrected chi connectivity index (χ3v) is 6.31. The van der Waals surface area contributed by atoms with Gasteiger partial charge in [-0.15, -0.1) is 0 Å². The number of aromatic nitrogens is 3. The molecule has 2 amide bonds. The Kier molecular flexibility index (Phi) is 10.1. The molecule has 0 unspecified atom stereocenters. The lowest BCUT2D eigenvalue weighted by molar-refractivity contribution is -0.131. The molecule has 10 nitrogen and oxygen atoms in total. The maximum Gasteiger partial charge on any atom is 0.407 e. The van der Waals surface area contributed by atoms with Gasteiger partial charge in [-0.1, -0.05) is 75.5 Å². The van der Waals surface area contributed by atoms with E-state index < -0.39 is 30.3 Å². The number of benzene rings is 1. The maximum absolute atomic E-state index is 13.0. The molecule has 0 saturated carbocycles. The lowest BCUT2D eigenvalue weighted by atomic mass is 9.89. The van der Waals surface area contributed by atoms with Crippen LogP contribution in [-0.4, -0.2) is 50.3 Å². The van der Waals surface area contributed by atoms with E-state index in [1.54, 1.807) is 10.7 Å². The van der Waals surface area contributed by atoms with Crippen molar-refractivity contribution in [3.63, 3.8) is 0 Å². The van der Waals surface area contributed by atoms with Crippen molar-refractivity contribution in [1.29, 1.82) is 0 Å². The molecule has 0 saturated heterocycles. The van der Waals surface area contributed by atoms with Crippen LogP contribution in [0.15, 0.2) is 53.3 Å². The fraction of sp³-hybridized carbons (Fsp3) is 0.500. The number of hydrogen-bond acceptors (Lipinski definition) is 7. The predicted molar refractivity (Wildman–Crippen MR) is 143 cm³/mol. The molecule has 10 heteroatoms. The lowest BCUT2D eigenvalue weighted by Crippen LogP contribution is -2.51. The molecule has 3 atom stereocenters. The number of unbranched alkanes of at least 4 members (excludes halogenated alkanes) is 1. The van der Waals surface area contributed by atoms with Crippen LogP contribution < -0.4 is 10.6 Å². The average molecular weight is 526 g/mol. The number of amides is 2. The van der Waals surface area contributed by atoms with E-state index in [9.17, 15) is 14.7 Å². The van der Waals surface area contributed by atoms with Gasteiger partial charge in [-0.3, -0.25) is 9.48 Å². The van der Waals surface area contributed by atoms with Crippen molar-refractivity contribution in [2.45, 2.75) is 85.2 Å². The molecule has 3 rings (SSSR count). The van der Waals surface area contributed by atoms with Gasteiger partial charge in [-0.25, -0.2) is 4.79 Å². The fourth-order valence-corrected chi connectivity index (χ4v) is 3.84. The molecule has 0 aliphatic heterocycles. The highest BCUT2D eigenvalue weighted by atomic mass is 16.6. The summed E-state index contributed by atoms with van der Waals surface area (Å²) in [6.07, 6.45) is 2.65. The minimum atomic E-state index is -1.45. The van der Waals surface area contributed by atoms with Gasteiger partial charge in [-0.05, 0) is 19.4 Å². The Bertz CT molecular complexity index is 1150. The first-order chi connectivity index (χ1) is 18.1. The van der Waals surface area contributed by atoms with E-state index in [0.717, 1.165) is 24.1 Å². The number of nitrogens with one attached hydrogen (secondary N) is 2. The Hall–Kier alpha value is -3.66. The Morgan fingerprint density at radius 3 is 2.53 bits per heavy atom. The first-order valence-electron chi connectivity index (χ1n) is 13.0. The molecule has 2 heterocycles. The van der Waals surface area contributed by atoms with Crippen molar-refractivity contribution in [2.75, 3.05) is 0 Å². The summed E-state index contributed by atoms with van der Waals surface area (Å²) in [5.74, 6) is -0.157. The van der Waals surface area contributed by atoms with Crippen molar-refractivity contribution >= 4 is 12.0 Å². The number of aliphatic hydroxyl groups excluding tert-OH is 1. The number of rotatable bonds is 12. The molecule has 0 aliphatic rings. The fourth-order valence-electron chi connectivity index (χ4n) is 3.84. The number of aryl methyl sites for hydroxylation is 1. The quantitative estimate of drug-likeness (QED) is 0.323. The second-order valence-electron chi connectivity index (χ2n) is 10.6. The van der Waals surface area contributed by atoms with Crippen LogP contribution in [0.1, 0.15) is 58.3 Å². The van der Waals surface area contributed by atoms with Crippen molar-refractivity contribution in [3.05, 3.63) is 60.1 Å². The number of carbonyl (C=O) groups excluding carboxylic acids is 2. The first kappa shape index (κ1) is 28.9. The van der Waals surface area contributed by atoms with Crippen LogP contribution in [0.25, 0.3) is 11.3 Å². The smallest absolute Gasteiger partial charge is 0.407 e. The van der Waals surface area contributed by atoms with Crippen molar-refractivity contribution in [1.82, 2.24) is 25.6 Å². The molecule has 3 aromatic rings. The van der Waals surface area contributed by atoms with Crippen molar-refractivity contribution in [2.24, 2.45) is 5.41 Å². The highest BCUT2D eigenvalue weighted by Gasteiger charge is 2.32. The van der Waals surface area contributed by atoms with Crippen molar-refractivity contribution in [3.8, 4) is 11.3 Å². The summed E-state index contributed by atoms with van der Waals surface area (Å²) in [5.41, 5.74) is 2.63. The molecular formula is C28H39N5O5. The minimum Gasteiger partial charge on any atom is -0.444 e. The Labute approximate surface area is 223 Å². The predicted octanol–water partition coefficient (Wildman–Crippen LogP) is 4.22. The summed E-state index contributed by atoms with van der Waals surface area (Å²) in [6, 6.07) is 10.9. The third-order valence-electron chi connectivity index (χ3n) is 6.31. The highest BCUT2D eigenvalue weighted by Crippen LogP contribution is 2.25. The molecule has 1 aromatic carbocycles. The van der Waals surface area contributed by atoms with Gasteiger partial charge in [0.2, 0.25) is 0 Å². The topological polar surface area (TPSA) is 132 Å². The number of nitrogens with zero attached hydrogens (tertiary/aromatic N) is 3. The second-order valence-corrected chi connectivity index (χ2v) is 10.6. The molecule has 0 fully saturated rings. The van der Waals surface area contributed by atoms with Gasteiger partial charge in [0.1, 0.15) is 6.10 Å². The largest absolute Gasteiger partial charge is 0.444 e. The minimum absolute atomic E-state index is 0.0847. The van der Waals surface area contributed by atoms with Gasteiger partial charge in [0.25, 0.3) is 5.91 Å². The number of carbonyl (C=O) groups is 2. The summed E-state index contributed by atoms with van der Waals surface area (Å²) in [7, 11) is 0. The standard InChI is InChI=1S/C28H39N5O5/c1-6-7-8-23(25(34)26(35)29-17-21-13-15-30-38-21)31-27(36)37-24(28(3,4)5)18-33-16-14-22(32-33)20-11-9-19(2)10-12-20/h9-16,23-25,34H,6-8,17-18H2,1-5H3,(H,29,35)(H,31,36)/t23-,24+,25+/m0/s1. The average Bonchev–Trinajstić information content (AvgIpc) is 3.56. The van der Waals surface area contributed by atoms with Gasteiger partial charge < -0.3 is 25.0 Å². The number of hydrogen-bond donors (Lipinski definition) is 3. The normalized spacial score (nSPS) is 13.9. The maximum atomic E-state index is 13.0. The van der Waals surface area contributed by atoms with Crippen LogP contribution in [0.5, 0.6) is 0 Å². The van der Waals surface area contributed by atoms with E-state index in [0.29, 0.717) is 18.7 Å². The molecule has 38 heavy (non-hydrogen) atoms. The molecule has 3 N–H and O–H groups in total. The SMILES string of the molecule is CCCC[C@H](NC(=O)O[C@H](Cn1ccc(-c2ccc(C)cc2)n1)C(C)(C)C)[C@@H](O)C(=O)NCc1ccno1. The van der Waals surface area contributed by atoms with E-state index in [1.165, 1.54) is 11.8 Å². The van der Waals surface area contributed by atoms with Gasteiger partial charge in [-0.2, -0.15) is 5.10 Å². The van der Waals surface area contributed by atoms with Gasteiger partial charge in [0.15, 0.2) is 11.9 Å². The molecular weight excluding hydrogens is 486 g/mol. The summed E-state index contributed by atoms with van der Waals surface area (Å²) in [6.45, 7) is 10.4. The molecule has 0 radical (unpaired) electrons. The molecule has 206 valence electrons. The zero-order valence-electron chi connectivity index (χ0n) is 22.8. The highest BCUT2D eigenvalue weighted by molar-refractivity contribution is 5.82. The molecule has 0 bridgehead atoms. The van der Waals surface area contributed by atoms with Crippen LogP contribution in [0, 0.1) is 12.3 Å². The van der Waals surface area contributed by atoms with Gasteiger partial charge in [0, 0.05) is 23.2 Å². The zero-order valence-corrected chi connectivity index (χ0v) is 22.8. The Balaban J connectivity index is 1.63. The zero-order chi connectivity index (χ0) is 27.7. The number of aliphatic hydroxyl groups is 1.